The summed E-state index contributed by atoms with van der Waals surface area (Å²) in [6.07, 6.45) is 0. The first-order valence-corrected chi connectivity index (χ1v) is 13.8. The fourth-order valence-corrected chi connectivity index (χ4v) is 5.70. The van der Waals surface area contributed by atoms with E-state index in [1.54, 1.807) is 34.9 Å². The highest BCUT2D eigenvalue weighted by Crippen LogP contribution is 2.21. The smallest absolute Gasteiger partial charge is 0.199 e. The molecule has 0 spiro atoms. The number of amidine groups is 1. The molecule has 0 aliphatic rings. The third-order valence-corrected chi connectivity index (χ3v) is 8.07. The Bertz CT molecular complexity index is 1830. The van der Waals surface area contributed by atoms with Crippen LogP contribution in [0.3, 0.4) is 0 Å². The second-order valence-electron chi connectivity index (χ2n) is 8.09. The summed E-state index contributed by atoms with van der Waals surface area (Å²) in [6.45, 7) is 0. The summed E-state index contributed by atoms with van der Waals surface area (Å²) in [5.41, 5.74) is 7.65. The van der Waals surface area contributed by atoms with E-state index in [9.17, 15) is 13.7 Å². The molecule has 0 radical (unpaired) electrons. The van der Waals surface area contributed by atoms with E-state index >= 15 is 0 Å². The highest BCUT2D eigenvalue weighted by molar-refractivity contribution is 7.91. The number of thiazole rings is 1. The van der Waals surface area contributed by atoms with E-state index in [4.69, 9.17) is 10.7 Å². The molecular formula is C28H21N5O2S2. The van der Waals surface area contributed by atoms with Crippen molar-refractivity contribution in [1.82, 2.24) is 4.57 Å². The number of nitrogens with two attached hydrogens (primary N) is 1. The van der Waals surface area contributed by atoms with Crippen molar-refractivity contribution >= 4 is 43.6 Å². The molecule has 4 aromatic carbocycles. The quantitative estimate of drug-likeness (QED) is 0.260. The molecule has 0 saturated heterocycles. The van der Waals surface area contributed by atoms with Gasteiger partial charge in [0.15, 0.2) is 20.5 Å². The Morgan fingerprint density at radius 3 is 2.24 bits per heavy atom. The van der Waals surface area contributed by atoms with Crippen LogP contribution in [-0.4, -0.2) is 24.7 Å². The molecule has 0 saturated carbocycles. The minimum Gasteiger partial charge on any atom is -0.383 e. The van der Waals surface area contributed by atoms with Gasteiger partial charge < -0.3 is 5.73 Å². The van der Waals surface area contributed by atoms with Crippen molar-refractivity contribution in [3.05, 3.63) is 118 Å². The van der Waals surface area contributed by atoms with E-state index in [-0.39, 0.29) is 16.5 Å². The summed E-state index contributed by atoms with van der Waals surface area (Å²) in [6, 6.07) is 33.1. The van der Waals surface area contributed by atoms with Crippen LogP contribution in [0.4, 0.5) is 5.82 Å². The van der Waals surface area contributed by atoms with E-state index < -0.39 is 15.7 Å². The number of nitrogens with zero attached hydrogens (tertiary/aromatic N) is 4. The van der Waals surface area contributed by atoms with E-state index in [2.05, 4.69) is 11.1 Å². The Labute approximate surface area is 218 Å². The van der Waals surface area contributed by atoms with Gasteiger partial charge in [-0.25, -0.2) is 18.4 Å². The van der Waals surface area contributed by atoms with E-state index in [1.165, 1.54) is 0 Å². The lowest BCUT2D eigenvalue weighted by molar-refractivity contribution is 0.596. The van der Waals surface area contributed by atoms with Gasteiger partial charge in [0, 0.05) is 11.3 Å². The van der Waals surface area contributed by atoms with Crippen molar-refractivity contribution in [2.24, 2.45) is 9.98 Å². The van der Waals surface area contributed by atoms with Crippen LogP contribution in [0.25, 0.3) is 16.5 Å². The summed E-state index contributed by atoms with van der Waals surface area (Å²) in [5.74, 6) is -0.00913. The molecule has 5 aromatic rings. The summed E-state index contributed by atoms with van der Waals surface area (Å²) >= 11 is 1.11. The zero-order chi connectivity index (χ0) is 25.8. The van der Waals surface area contributed by atoms with Crippen molar-refractivity contribution in [2.75, 3.05) is 11.6 Å². The van der Waals surface area contributed by atoms with Crippen molar-refractivity contribution in [3.8, 4) is 11.8 Å². The maximum Gasteiger partial charge on any atom is 0.199 e. The zero-order valence-electron chi connectivity index (χ0n) is 19.5. The second-order valence-corrected chi connectivity index (χ2v) is 11.0. The summed E-state index contributed by atoms with van der Waals surface area (Å²) in [5, 5.41) is 11.4. The van der Waals surface area contributed by atoms with E-state index in [0.717, 1.165) is 27.8 Å². The Morgan fingerprint density at radius 2 is 1.54 bits per heavy atom. The Kier molecular flexibility index (Phi) is 6.68. The molecule has 0 aliphatic heterocycles. The van der Waals surface area contributed by atoms with Crippen molar-refractivity contribution < 1.29 is 8.42 Å². The highest BCUT2D eigenvalue weighted by Gasteiger charge is 2.17. The largest absolute Gasteiger partial charge is 0.383 e. The van der Waals surface area contributed by atoms with Gasteiger partial charge in [-0.15, -0.1) is 0 Å². The third kappa shape index (κ3) is 5.07. The van der Waals surface area contributed by atoms with Gasteiger partial charge >= 0.3 is 0 Å². The molecule has 0 bridgehead atoms. The van der Waals surface area contributed by atoms with Gasteiger partial charge in [-0.05, 0) is 35.0 Å². The average molecular weight is 524 g/mol. The number of hydrogen-bond acceptors (Lipinski definition) is 6. The van der Waals surface area contributed by atoms with Crippen LogP contribution in [-0.2, 0) is 9.84 Å². The number of hydrogen-bond donors (Lipinski definition) is 1. The van der Waals surface area contributed by atoms with Crippen LogP contribution in [0.1, 0.15) is 10.4 Å². The fourth-order valence-electron chi connectivity index (χ4n) is 3.82. The fraction of sp³-hybridized carbons (Fsp3) is 0.0357. The number of para-hydroxylation sites is 1. The lowest BCUT2D eigenvalue weighted by atomic mass is 10.1. The summed E-state index contributed by atoms with van der Waals surface area (Å²) in [7, 11) is -3.74. The lowest BCUT2D eigenvalue weighted by Crippen LogP contribution is -2.18. The monoisotopic (exact) mass is 523 g/mol. The van der Waals surface area contributed by atoms with Gasteiger partial charge in [0.1, 0.15) is 22.6 Å². The average Bonchev–Trinajstić information content (AvgIpc) is 3.26. The molecule has 0 aliphatic carbocycles. The second kappa shape index (κ2) is 10.2. The van der Waals surface area contributed by atoms with Gasteiger partial charge in [0.05, 0.1) is 4.90 Å². The van der Waals surface area contributed by atoms with Gasteiger partial charge in [-0.3, -0.25) is 4.57 Å². The normalized spacial score (nSPS) is 12.5. The van der Waals surface area contributed by atoms with Crippen LogP contribution in [0.5, 0.6) is 0 Å². The first kappa shape index (κ1) is 24.2. The molecule has 0 atom stereocenters. The zero-order valence-corrected chi connectivity index (χ0v) is 21.2. The number of fused-ring (bicyclic) bond motifs is 1. The van der Waals surface area contributed by atoms with Crippen molar-refractivity contribution in [2.45, 2.75) is 4.90 Å². The molecule has 0 unspecified atom stereocenters. The highest BCUT2D eigenvalue weighted by atomic mass is 32.2. The van der Waals surface area contributed by atoms with Gasteiger partial charge in [-0.2, -0.15) is 5.26 Å². The van der Waals surface area contributed by atoms with Crippen molar-refractivity contribution in [1.29, 1.82) is 5.26 Å². The number of aromatic nitrogens is 1. The van der Waals surface area contributed by atoms with E-state index in [0.29, 0.717) is 15.2 Å². The molecule has 5 rings (SSSR count). The molecule has 9 heteroatoms. The SMILES string of the molecule is N#Cc1sc(=NC(=NCS(=O)(=O)c2ccc3ccccc3c2)c2ccccc2)n(-c2ccccc2)c1N. The Morgan fingerprint density at radius 1 is 0.892 bits per heavy atom. The molecular weight excluding hydrogens is 502 g/mol. The molecule has 1 heterocycles. The van der Waals surface area contributed by atoms with Crippen molar-refractivity contribution in [3.63, 3.8) is 0 Å². The Hall–Kier alpha value is -4.52. The number of aliphatic imine (C=N–C) groups is 1. The molecule has 7 nitrogen and oxygen atoms in total. The molecule has 0 amide bonds. The number of anilines is 1. The molecule has 1 aromatic heterocycles. The van der Waals surface area contributed by atoms with Gasteiger partial charge in [0.25, 0.3) is 0 Å². The maximum absolute atomic E-state index is 13.2. The Balaban J connectivity index is 1.62. The van der Waals surface area contributed by atoms with Crippen LogP contribution < -0.4 is 10.5 Å². The number of sulfone groups is 1. The maximum atomic E-state index is 13.2. The summed E-state index contributed by atoms with van der Waals surface area (Å²) in [4.78, 5) is 10.1. The predicted octanol–water partition coefficient (Wildman–Crippen LogP) is 4.92. The number of nitriles is 1. The number of benzene rings is 4. The lowest BCUT2D eigenvalue weighted by Gasteiger charge is -2.07. The standard InChI is InChI=1S/C28H21N5O2S2/c29-18-25-26(30)33(23-13-5-2-6-14-23)28(36-25)32-27(21-10-3-1-4-11-21)31-19-37(34,35)24-16-15-20-9-7-8-12-22(20)17-24/h1-17H,19,30H2. The van der Waals surface area contributed by atoms with E-state index in [1.807, 2.05) is 72.8 Å². The van der Waals surface area contributed by atoms with Gasteiger partial charge in [-0.1, -0.05) is 90.2 Å². The minimum atomic E-state index is -3.74. The molecule has 2 N–H and O–H groups in total. The summed E-state index contributed by atoms with van der Waals surface area (Å²) < 4.78 is 28.2. The first-order valence-electron chi connectivity index (χ1n) is 11.3. The molecule has 37 heavy (non-hydrogen) atoms. The van der Waals surface area contributed by atoms with Gasteiger partial charge in [0.2, 0.25) is 0 Å². The first-order chi connectivity index (χ1) is 18.0. The third-order valence-electron chi connectivity index (χ3n) is 5.67. The van der Waals surface area contributed by atoms with Crippen LogP contribution >= 0.6 is 11.3 Å². The molecule has 182 valence electrons. The minimum absolute atomic E-state index is 0.189. The van der Waals surface area contributed by atoms with Crippen LogP contribution in [0, 0.1) is 11.3 Å². The topological polar surface area (TPSA) is 114 Å². The predicted molar refractivity (Wildman–Crippen MR) is 147 cm³/mol. The van der Waals surface area contributed by atoms with Crippen LogP contribution in [0.15, 0.2) is 118 Å². The molecule has 0 fully saturated rings. The van der Waals surface area contributed by atoms with Crippen LogP contribution in [0.2, 0.25) is 0 Å². The number of rotatable bonds is 5. The number of nitrogen functional groups attached to an aromatic ring is 1.